The number of halogens is 1. The molecule has 4 rings (SSSR count). The molecule has 1 atom stereocenters. The maximum Gasteiger partial charge on any atom is 0.234 e. The van der Waals surface area contributed by atoms with Crippen LogP contribution in [0.3, 0.4) is 0 Å². The van der Waals surface area contributed by atoms with Crippen molar-refractivity contribution in [3.63, 3.8) is 0 Å². The van der Waals surface area contributed by atoms with Crippen LogP contribution in [0.1, 0.15) is 43.1 Å². The number of amides is 1. The van der Waals surface area contributed by atoms with Crippen LogP contribution < -0.4 is 5.32 Å². The van der Waals surface area contributed by atoms with E-state index in [-0.39, 0.29) is 24.3 Å². The van der Waals surface area contributed by atoms with E-state index in [0.717, 1.165) is 29.9 Å². The Hall–Kier alpha value is -2.80. The Kier molecular flexibility index (Phi) is 5.85. The fourth-order valence-electron chi connectivity index (χ4n) is 4.19. The minimum absolute atomic E-state index is 0.0393. The van der Waals surface area contributed by atoms with Crippen molar-refractivity contribution < 1.29 is 9.18 Å². The zero-order chi connectivity index (χ0) is 20.2. The van der Waals surface area contributed by atoms with Gasteiger partial charge in [-0.25, -0.2) is 4.39 Å². The van der Waals surface area contributed by atoms with Gasteiger partial charge in [0.2, 0.25) is 5.91 Å². The average molecular weight is 395 g/mol. The van der Waals surface area contributed by atoms with Crippen molar-refractivity contribution in [2.45, 2.75) is 38.3 Å². The molecule has 1 aromatic carbocycles. The van der Waals surface area contributed by atoms with Crippen molar-refractivity contribution in [2.24, 2.45) is 5.92 Å². The summed E-state index contributed by atoms with van der Waals surface area (Å²) >= 11 is 0. The Morgan fingerprint density at radius 2 is 1.97 bits per heavy atom. The van der Waals surface area contributed by atoms with Gasteiger partial charge in [0.15, 0.2) is 11.5 Å². The van der Waals surface area contributed by atoms with Gasteiger partial charge >= 0.3 is 0 Å². The molecule has 2 aromatic heterocycles. The number of rotatable bonds is 7. The summed E-state index contributed by atoms with van der Waals surface area (Å²) in [5.74, 6) is 0.894. The van der Waals surface area contributed by atoms with Gasteiger partial charge in [-0.1, -0.05) is 31.0 Å². The number of nitrogens with zero attached hydrogens (tertiary/aromatic N) is 4. The van der Waals surface area contributed by atoms with Crippen LogP contribution in [-0.2, 0) is 11.3 Å². The minimum Gasteiger partial charge on any atom is -0.348 e. The van der Waals surface area contributed by atoms with Crippen LogP contribution in [0.15, 0.2) is 48.7 Å². The van der Waals surface area contributed by atoms with Crippen molar-refractivity contribution in [3.05, 3.63) is 65.9 Å². The van der Waals surface area contributed by atoms with E-state index in [1.165, 1.54) is 25.0 Å². The Morgan fingerprint density at radius 1 is 1.21 bits per heavy atom. The van der Waals surface area contributed by atoms with Crippen LogP contribution in [0.5, 0.6) is 0 Å². The van der Waals surface area contributed by atoms with Crippen LogP contribution in [0.2, 0.25) is 0 Å². The molecule has 152 valence electrons. The van der Waals surface area contributed by atoms with E-state index in [2.05, 4.69) is 15.5 Å². The molecule has 0 unspecified atom stereocenters. The Labute approximate surface area is 169 Å². The second-order valence-electron chi connectivity index (χ2n) is 7.86. The Bertz CT molecular complexity index is 965. The van der Waals surface area contributed by atoms with Crippen LogP contribution in [-0.4, -0.2) is 39.0 Å². The topological polar surface area (TPSA) is 62.5 Å². The third-order valence-corrected chi connectivity index (χ3v) is 5.63. The molecule has 1 fully saturated rings. The van der Waals surface area contributed by atoms with Crippen LogP contribution in [0.25, 0.3) is 5.65 Å². The van der Waals surface area contributed by atoms with Crippen molar-refractivity contribution >= 4 is 11.6 Å². The molecule has 0 saturated heterocycles. The van der Waals surface area contributed by atoms with Crippen molar-refractivity contribution in [2.75, 3.05) is 13.6 Å². The molecule has 2 heterocycles. The lowest BCUT2D eigenvalue weighted by atomic mass is 9.91. The zero-order valence-electron chi connectivity index (χ0n) is 16.6. The van der Waals surface area contributed by atoms with Crippen LogP contribution in [0, 0.1) is 11.7 Å². The lowest BCUT2D eigenvalue weighted by Crippen LogP contribution is -2.39. The van der Waals surface area contributed by atoms with Crippen molar-refractivity contribution in [3.8, 4) is 0 Å². The predicted octanol–water partition coefficient (Wildman–Crippen LogP) is 3.35. The second-order valence-corrected chi connectivity index (χ2v) is 7.86. The summed E-state index contributed by atoms with van der Waals surface area (Å²) in [5, 5.41) is 11.6. The molecular weight excluding hydrogens is 369 g/mol. The highest BCUT2D eigenvalue weighted by molar-refractivity contribution is 5.78. The average Bonchev–Trinajstić information content (AvgIpc) is 3.38. The molecule has 0 radical (unpaired) electrons. The number of nitrogens with one attached hydrogen (secondary N) is 1. The van der Waals surface area contributed by atoms with Gasteiger partial charge in [-0.3, -0.25) is 14.1 Å². The molecule has 1 aliphatic rings. The summed E-state index contributed by atoms with van der Waals surface area (Å²) in [6.45, 7) is 0.773. The number of benzene rings is 1. The van der Waals surface area contributed by atoms with E-state index in [1.54, 1.807) is 12.1 Å². The lowest BCUT2D eigenvalue weighted by molar-refractivity contribution is -0.123. The smallest absolute Gasteiger partial charge is 0.234 e. The highest BCUT2D eigenvalue weighted by atomic mass is 19.1. The van der Waals surface area contributed by atoms with E-state index in [4.69, 9.17) is 0 Å². The van der Waals surface area contributed by atoms with Crippen LogP contribution >= 0.6 is 0 Å². The maximum atomic E-state index is 13.3. The third kappa shape index (κ3) is 4.62. The zero-order valence-corrected chi connectivity index (χ0v) is 16.6. The number of carbonyl (C=O) groups is 1. The first-order chi connectivity index (χ1) is 14.1. The Morgan fingerprint density at radius 3 is 2.72 bits per heavy atom. The molecule has 0 aliphatic heterocycles. The first-order valence-corrected chi connectivity index (χ1v) is 10.1. The van der Waals surface area contributed by atoms with E-state index in [1.807, 2.05) is 40.7 Å². The van der Waals surface area contributed by atoms with Crippen molar-refractivity contribution in [1.29, 1.82) is 0 Å². The molecule has 1 saturated carbocycles. The quantitative estimate of drug-likeness (QED) is 0.666. The van der Waals surface area contributed by atoms with Gasteiger partial charge in [0, 0.05) is 6.20 Å². The summed E-state index contributed by atoms with van der Waals surface area (Å²) in [5.41, 5.74) is 1.76. The number of pyridine rings is 1. The largest absolute Gasteiger partial charge is 0.348 e. The maximum absolute atomic E-state index is 13.3. The monoisotopic (exact) mass is 395 g/mol. The number of carbonyl (C=O) groups excluding carboxylic acids is 1. The first kappa shape index (κ1) is 19.5. The molecular formula is C22H26FN5O. The van der Waals surface area contributed by atoms with Gasteiger partial charge in [-0.15, -0.1) is 10.2 Å². The number of fused-ring (bicyclic) bond motifs is 1. The fourth-order valence-corrected chi connectivity index (χ4v) is 4.19. The third-order valence-electron chi connectivity index (χ3n) is 5.63. The fraction of sp³-hybridized carbons (Fsp3) is 0.409. The highest BCUT2D eigenvalue weighted by Gasteiger charge is 2.28. The second kappa shape index (κ2) is 8.69. The summed E-state index contributed by atoms with van der Waals surface area (Å²) in [6.07, 6.45) is 6.45. The standard InChI is InChI=1S/C22H26FN5O/c1-27(14-20-26-25-19-8-4-5-13-28(19)20)15-21(29)24-22(16-6-2-3-7-16)17-9-11-18(23)12-10-17/h4-5,8-13,16,22H,2-3,6-7,14-15H2,1H3,(H,24,29)/t22-/m0/s1. The predicted molar refractivity (Wildman–Crippen MR) is 109 cm³/mol. The molecule has 0 spiro atoms. The van der Waals surface area contributed by atoms with Gasteiger partial charge in [0.05, 0.1) is 19.1 Å². The van der Waals surface area contributed by atoms with Gasteiger partial charge in [0.25, 0.3) is 0 Å². The molecule has 1 N–H and O–H groups in total. The summed E-state index contributed by atoms with van der Waals surface area (Å²) < 4.78 is 15.3. The number of aromatic nitrogens is 3. The molecule has 0 bridgehead atoms. The summed E-state index contributed by atoms with van der Waals surface area (Å²) in [4.78, 5) is 14.7. The molecule has 3 aromatic rings. The molecule has 6 nitrogen and oxygen atoms in total. The van der Waals surface area contributed by atoms with Gasteiger partial charge in [-0.2, -0.15) is 0 Å². The van der Waals surface area contributed by atoms with E-state index < -0.39 is 0 Å². The van der Waals surface area contributed by atoms with Crippen LogP contribution in [0.4, 0.5) is 4.39 Å². The first-order valence-electron chi connectivity index (χ1n) is 10.1. The lowest BCUT2D eigenvalue weighted by Gasteiger charge is -2.26. The summed E-state index contributed by atoms with van der Waals surface area (Å²) in [7, 11) is 1.89. The molecule has 1 amide bonds. The number of hydrogen-bond acceptors (Lipinski definition) is 4. The van der Waals surface area contributed by atoms with Gasteiger partial charge in [0.1, 0.15) is 5.82 Å². The molecule has 1 aliphatic carbocycles. The van der Waals surface area contributed by atoms with E-state index in [0.29, 0.717) is 12.5 Å². The Balaban J connectivity index is 1.41. The molecule has 7 heteroatoms. The SMILES string of the molecule is CN(CC(=O)N[C@H](c1ccc(F)cc1)C1CCCC1)Cc1nnc2ccccn12. The van der Waals surface area contributed by atoms with E-state index in [9.17, 15) is 9.18 Å². The normalized spacial score (nSPS) is 15.8. The van der Waals surface area contributed by atoms with Gasteiger partial charge in [-0.05, 0) is 55.6 Å². The number of hydrogen-bond donors (Lipinski definition) is 1. The number of likely N-dealkylation sites (N-methyl/N-ethyl adjacent to an activating group) is 1. The minimum atomic E-state index is -0.259. The molecule has 29 heavy (non-hydrogen) atoms. The highest BCUT2D eigenvalue weighted by Crippen LogP contribution is 2.35. The van der Waals surface area contributed by atoms with E-state index >= 15 is 0 Å². The van der Waals surface area contributed by atoms with Crippen molar-refractivity contribution in [1.82, 2.24) is 24.8 Å². The van der Waals surface area contributed by atoms with Gasteiger partial charge < -0.3 is 5.32 Å². The summed E-state index contributed by atoms with van der Waals surface area (Å²) in [6, 6.07) is 12.2.